The molecule has 0 radical (unpaired) electrons. The fourth-order valence-electron chi connectivity index (χ4n) is 1.70. The number of hydrogen-bond donors (Lipinski definition) is 0. The summed E-state index contributed by atoms with van der Waals surface area (Å²) in [5.74, 6) is 1.96. The highest BCUT2D eigenvalue weighted by Gasteiger charge is 2.06. The molecular formula is C15H14BrClO2. The van der Waals surface area contributed by atoms with Crippen LogP contribution in [0.5, 0.6) is 11.5 Å². The molecular weight excluding hydrogens is 328 g/mol. The van der Waals surface area contributed by atoms with Gasteiger partial charge in [0.1, 0.15) is 18.1 Å². The Balaban J connectivity index is 2.13. The average molecular weight is 342 g/mol. The predicted octanol–water partition coefficient (Wildman–Crippen LogP) is 4.78. The Morgan fingerprint density at radius 2 is 1.89 bits per heavy atom. The highest BCUT2D eigenvalue weighted by molar-refractivity contribution is 9.10. The Labute approximate surface area is 126 Å². The molecule has 2 rings (SSSR count). The highest BCUT2D eigenvalue weighted by atomic mass is 79.9. The number of alkyl halides is 1. The van der Waals surface area contributed by atoms with Crippen LogP contribution in [0.1, 0.15) is 11.1 Å². The maximum atomic E-state index is 5.93. The molecule has 0 saturated heterocycles. The molecule has 0 heterocycles. The second-order valence-corrected chi connectivity index (χ2v) is 5.11. The van der Waals surface area contributed by atoms with Crippen molar-refractivity contribution in [2.24, 2.45) is 0 Å². The molecule has 0 unspecified atom stereocenters. The van der Waals surface area contributed by atoms with E-state index in [1.807, 2.05) is 42.5 Å². The van der Waals surface area contributed by atoms with Crippen LogP contribution in [0.4, 0.5) is 0 Å². The minimum Gasteiger partial charge on any atom is -0.497 e. The van der Waals surface area contributed by atoms with Gasteiger partial charge in [0.05, 0.1) is 13.0 Å². The van der Waals surface area contributed by atoms with Crippen LogP contribution in [-0.4, -0.2) is 7.11 Å². The van der Waals surface area contributed by atoms with Crippen LogP contribution in [0.15, 0.2) is 46.9 Å². The molecule has 2 aromatic rings. The van der Waals surface area contributed by atoms with Crippen molar-refractivity contribution in [3.63, 3.8) is 0 Å². The van der Waals surface area contributed by atoms with Gasteiger partial charge in [-0.2, -0.15) is 0 Å². The van der Waals surface area contributed by atoms with Gasteiger partial charge in [-0.1, -0.05) is 34.1 Å². The number of methoxy groups -OCH3 is 1. The van der Waals surface area contributed by atoms with Crippen LogP contribution in [-0.2, 0) is 12.5 Å². The lowest BCUT2D eigenvalue weighted by Gasteiger charge is -2.12. The summed E-state index contributed by atoms with van der Waals surface area (Å²) in [7, 11) is 1.63. The average Bonchev–Trinajstić information content (AvgIpc) is 2.46. The molecule has 4 heteroatoms. The van der Waals surface area contributed by atoms with Gasteiger partial charge in [-0.3, -0.25) is 0 Å². The molecule has 0 atom stereocenters. The van der Waals surface area contributed by atoms with E-state index in [-0.39, 0.29) is 0 Å². The quantitative estimate of drug-likeness (QED) is 0.729. The molecule has 100 valence electrons. The van der Waals surface area contributed by atoms with Crippen LogP contribution >= 0.6 is 27.5 Å². The second-order valence-electron chi connectivity index (χ2n) is 3.99. The van der Waals surface area contributed by atoms with E-state index in [0.717, 1.165) is 27.1 Å². The summed E-state index contributed by atoms with van der Waals surface area (Å²) in [4.78, 5) is 0. The van der Waals surface area contributed by atoms with E-state index in [1.54, 1.807) is 7.11 Å². The molecule has 2 aromatic carbocycles. The molecule has 0 amide bonds. The third kappa shape index (κ3) is 3.64. The fraction of sp³-hybridized carbons (Fsp3) is 0.200. The van der Waals surface area contributed by atoms with Crippen molar-refractivity contribution < 1.29 is 9.47 Å². The van der Waals surface area contributed by atoms with E-state index in [0.29, 0.717) is 12.5 Å². The lowest BCUT2D eigenvalue weighted by molar-refractivity contribution is 0.302. The van der Waals surface area contributed by atoms with Gasteiger partial charge in [0.25, 0.3) is 0 Å². The summed E-state index contributed by atoms with van der Waals surface area (Å²) in [6.07, 6.45) is 0. The van der Waals surface area contributed by atoms with Crippen molar-refractivity contribution in [3.05, 3.63) is 58.1 Å². The van der Waals surface area contributed by atoms with Crippen molar-refractivity contribution in [3.8, 4) is 11.5 Å². The molecule has 0 saturated carbocycles. The van der Waals surface area contributed by atoms with Crippen molar-refractivity contribution in [2.45, 2.75) is 12.5 Å². The summed E-state index contributed by atoms with van der Waals surface area (Å²) >= 11 is 9.43. The Morgan fingerprint density at radius 3 is 2.58 bits per heavy atom. The first-order valence-corrected chi connectivity index (χ1v) is 7.16. The Morgan fingerprint density at radius 1 is 1.11 bits per heavy atom. The molecule has 0 fully saturated rings. The summed E-state index contributed by atoms with van der Waals surface area (Å²) < 4.78 is 12.0. The lowest BCUT2D eigenvalue weighted by Crippen LogP contribution is -1.99. The third-order valence-corrected chi connectivity index (χ3v) is 3.81. The van der Waals surface area contributed by atoms with E-state index in [4.69, 9.17) is 21.1 Å². The van der Waals surface area contributed by atoms with Crippen molar-refractivity contribution >= 4 is 27.5 Å². The summed E-state index contributed by atoms with van der Waals surface area (Å²) in [6.45, 7) is 0.498. The highest BCUT2D eigenvalue weighted by Crippen LogP contribution is 2.27. The van der Waals surface area contributed by atoms with Gasteiger partial charge in [-0.25, -0.2) is 0 Å². The molecule has 0 aromatic heterocycles. The zero-order valence-electron chi connectivity index (χ0n) is 10.5. The summed E-state index contributed by atoms with van der Waals surface area (Å²) in [5.41, 5.74) is 2.02. The number of halogens is 2. The smallest absolute Gasteiger partial charge is 0.124 e. The SMILES string of the molecule is COc1ccc(OCc2ccccc2Br)c(CCl)c1. The molecule has 19 heavy (non-hydrogen) atoms. The Bertz CT molecular complexity index is 558. The van der Waals surface area contributed by atoms with Crippen molar-refractivity contribution in [1.29, 1.82) is 0 Å². The standard InChI is InChI=1S/C15H14BrClO2/c1-18-13-6-7-15(12(8-13)9-17)19-10-11-4-2-3-5-14(11)16/h2-8H,9-10H2,1H3. The van der Waals surface area contributed by atoms with E-state index < -0.39 is 0 Å². The molecule has 0 spiro atoms. The van der Waals surface area contributed by atoms with Gasteiger partial charge >= 0.3 is 0 Å². The number of ether oxygens (including phenoxy) is 2. The molecule has 2 nitrogen and oxygen atoms in total. The Hall–Kier alpha value is -1.19. The van der Waals surface area contributed by atoms with Crippen molar-refractivity contribution in [1.82, 2.24) is 0 Å². The van der Waals surface area contributed by atoms with Gasteiger partial charge in [-0.15, -0.1) is 11.6 Å². The fourth-order valence-corrected chi connectivity index (χ4v) is 2.31. The molecule has 0 bridgehead atoms. The van der Waals surface area contributed by atoms with E-state index in [1.165, 1.54) is 0 Å². The van der Waals surface area contributed by atoms with Crippen LogP contribution in [0.3, 0.4) is 0 Å². The minimum atomic E-state index is 0.391. The maximum Gasteiger partial charge on any atom is 0.124 e. The van der Waals surface area contributed by atoms with Crippen LogP contribution in [0.2, 0.25) is 0 Å². The molecule has 0 aliphatic heterocycles. The number of benzene rings is 2. The van der Waals surface area contributed by atoms with Gasteiger partial charge in [0, 0.05) is 15.6 Å². The van der Waals surface area contributed by atoms with Crippen LogP contribution in [0, 0.1) is 0 Å². The van der Waals surface area contributed by atoms with Crippen LogP contribution in [0.25, 0.3) is 0 Å². The van der Waals surface area contributed by atoms with Crippen LogP contribution < -0.4 is 9.47 Å². The number of hydrogen-bond acceptors (Lipinski definition) is 2. The van der Waals surface area contributed by atoms with Gasteiger partial charge in [0.15, 0.2) is 0 Å². The van der Waals surface area contributed by atoms with Gasteiger partial charge < -0.3 is 9.47 Å². The number of rotatable bonds is 5. The van der Waals surface area contributed by atoms with E-state index >= 15 is 0 Å². The van der Waals surface area contributed by atoms with E-state index in [2.05, 4.69) is 15.9 Å². The zero-order valence-corrected chi connectivity index (χ0v) is 12.9. The molecule has 0 aliphatic carbocycles. The van der Waals surface area contributed by atoms with E-state index in [9.17, 15) is 0 Å². The first-order valence-electron chi connectivity index (χ1n) is 5.83. The largest absolute Gasteiger partial charge is 0.497 e. The normalized spacial score (nSPS) is 10.3. The van der Waals surface area contributed by atoms with Gasteiger partial charge in [0.2, 0.25) is 0 Å². The zero-order chi connectivity index (χ0) is 13.7. The van der Waals surface area contributed by atoms with Gasteiger partial charge in [-0.05, 0) is 24.3 Å². The monoisotopic (exact) mass is 340 g/mol. The Kier molecular flexibility index (Phi) is 5.11. The topological polar surface area (TPSA) is 18.5 Å². The molecule has 0 aliphatic rings. The summed E-state index contributed by atoms with van der Waals surface area (Å²) in [5, 5.41) is 0. The molecule has 0 N–H and O–H groups in total. The second kappa shape index (κ2) is 6.83. The van der Waals surface area contributed by atoms with Crippen molar-refractivity contribution in [2.75, 3.05) is 7.11 Å². The minimum absolute atomic E-state index is 0.391. The lowest BCUT2D eigenvalue weighted by atomic mass is 10.2. The summed E-state index contributed by atoms with van der Waals surface area (Å²) in [6, 6.07) is 13.6. The first-order chi connectivity index (χ1) is 9.24. The third-order valence-electron chi connectivity index (χ3n) is 2.75. The predicted molar refractivity (Wildman–Crippen MR) is 81.0 cm³/mol. The maximum absolute atomic E-state index is 5.93. The first kappa shape index (κ1) is 14.2.